The second-order valence-corrected chi connectivity index (χ2v) is 7.94. The van der Waals surface area contributed by atoms with Crippen LogP contribution in [0.15, 0.2) is 84.9 Å². The van der Waals surface area contributed by atoms with E-state index in [-0.39, 0.29) is 5.91 Å². The number of nitrogens with zero attached hydrogens (tertiary/aromatic N) is 2. The summed E-state index contributed by atoms with van der Waals surface area (Å²) in [7, 11) is 0. The summed E-state index contributed by atoms with van der Waals surface area (Å²) in [6.45, 7) is 2.33. The molecule has 0 spiro atoms. The maximum Gasteiger partial charge on any atom is 0.225 e. The molecule has 5 nitrogen and oxygen atoms in total. The SMILES string of the molecule is Cc1cc(-c2ccc3ccc4ccccc4c3c2)n(-c2ccc(NC(=O)CCN)cc2)n1. The first-order valence-electron chi connectivity index (χ1n) is 10.7. The Morgan fingerprint density at radius 3 is 2.41 bits per heavy atom. The number of nitrogens with one attached hydrogen (secondary N) is 1. The summed E-state index contributed by atoms with van der Waals surface area (Å²) < 4.78 is 1.95. The molecule has 5 aromatic rings. The lowest BCUT2D eigenvalue weighted by Crippen LogP contribution is -2.16. The van der Waals surface area contributed by atoms with Gasteiger partial charge in [-0.15, -0.1) is 0 Å². The van der Waals surface area contributed by atoms with Crippen LogP contribution in [0, 0.1) is 6.92 Å². The van der Waals surface area contributed by atoms with Gasteiger partial charge in [0.25, 0.3) is 0 Å². The van der Waals surface area contributed by atoms with Crippen molar-refractivity contribution in [2.45, 2.75) is 13.3 Å². The molecule has 1 amide bonds. The second-order valence-electron chi connectivity index (χ2n) is 7.94. The lowest BCUT2D eigenvalue weighted by molar-refractivity contribution is -0.116. The van der Waals surface area contributed by atoms with Crippen LogP contribution in [0.25, 0.3) is 38.5 Å². The van der Waals surface area contributed by atoms with Crippen LogP contribution in [0.3, 0.4) is 0 Å². The van der Waals surface area contributed by atoms with Crippen molar-refractivity contribution in [3.8, 4) is 16.9 Å². The van der Waals surface area contributed by atoms with Crippen LogP contribution < -0.4 is 11.1 Å². The minimum Gasteiger partial charge on any atom is -0.330 e. The van der Waals surface area contributed by atoms with Gasteiger partial charge in [0.15, 0.2) is 0 Å². The standard InChI is InChI=1S/C27H24N4O/c1-18-16-26(31(30-18)23-12-10-22(11-13-23)29-27(32)14-15-28)21-9-8-20-7-6-19-4-2-3-5-24(19)25(20)17-21/h2-13,16-17H,14-15,28H2,1H3,(H,29,32). The first-order valence-corrected chi connectivity index (χ1v) is 10.7. The van der Waals surface area contributed by atoms with Gasteiger partial charge in [-0.2, -0.15) is 5.10 Å². The van der Waals surface area contributed by atoms with E-state index in [1.165, 1.54) is 21.5 Å². The van der Waals surface area contributed by atoms with E-state index in [9.17, 15) is 4.79 Å². The Morgan fingerprint density at radius 2 is 1.62 bits per heavy atom. The Morgan fingerprint density at radius 1 is 0.906 bits per heavy atom. The summed E-state index contributed by atoms with van der Waals surface area (Å²) in [6, 6.07) is 29.1. The number of benzene rings is 4. The Balaban J connectivity index is 1.56. The summed E-state index contributed by atoms with van der Waals surface area (Å²) in [6.07, 6.45) is 0.306. The predicted octanol–water partition coefficient (Wildman–Crippen LogP) is 5.44. The molecular weight excluding hydrogens is 396 g/mol. The van der Waals surface area contributed by atoms with Crippen molar-refractivity contribution in [3.05, 3.63) is 90.6 Å². The molecule has 0 saturated heterocycles. The quantitative estimate of drug-likeness (QED) is 0.372. The zero-order valence-electron chi connectivity index (χ0n) is 17.9. The van der Waals surface area contributed by atoms with E-state index >= 15 is 0 Å². The minimum absolute atomic E-state index is 0.0840. The largest absolute Gasteiger partial charge is 0.330 e. The van der Waals surface area contributed by atoms with Gasteiger partial charge < -0.3 is 11.1 Å². The number of rotatable bonds is 5. The Hall–Kier alpha value is -3.96. The fraction of sp³-hybridized carbons (Fsp3) is 0.111. The molecule has 5 rings (SSSR count). The molecule has 0 fully saturated rings. The molecule has 0 aliphatic rings. The summed E-state index contributed by atoms with van der Waals surface area (Å²) in [5.74, 6) is -0.0840. The van der Waals surface area contributed by atoms with Gasteiger partial charge in [0.05, 0.1) is 17.1 Å². The zero-order valence-corrected chi connectivity index (χ0v) is 17.9. The third kappa shape index (κ3) is 3.74. The fourth-order valence-electron chi connectivity index (χ4n) is 4.10. The minimum atomic E-state index is -0.0840. The van der Waals surface area contributed by atoms with Gasteiger partial charge in [0.1, 0.15) is 0 Å². The van der Waals surface area contributed by atoms with E-state index in [1.54, 1.807) is 0 Å². The van der Waals surface area contributed by atoms with Gasteiger partial charge in [0.2, 0.25) is 5.91 Å². The first-order chi connectivity index (χ1) is 15.6. The molecule has 0 radical (unpaired) electrons. The average molecular weight is 421 g/mol. The number of fused-ring (bicyclic) bond motifs is 3. The highest BCUT2D eigenvalue weighted by Crippen LogP contribution is 2.31. The van der Waals surface area contributed by atoms with Crippen molar-refractivity contribution in [2.24, 2.45) is 5.73 Å². The molecule has 0 atom stereocenters. The molecule has 158 valence electrons. The van der Waals surface area contributed by atoms with Gasteiger partial charge in [0, 0.05) is 24.2 Å². The molecule has 4 aromatic carbocycles. The van der Waals surface area contributed by atoms with Crippen LogP contribution in [-0.4, -0.2) is 22.2 Å². The van der Waals surface area contributed by atoms with Crippen molar-refractivity contribution < 1.29 is 4.79 Å². The van der Waals surface area contributed by atoms with Crippen molar-refractivity contribution >= 4 is 33.1 Å². The maximum absolute atomic E-state index is 11.8. The number of hydrogen-bond acceptors (Lipinski definition) is 3. The van der Waals surface area contributed by atoms with E-state index in [1.807, 2.05) is 35.9 Å². The van der Waals surface area contributed by atoms with E-state index < -0.39 is 0 Å². The maximum atomic E-state index is 11.8. The molecule has 0 aliphatic heterocycles. The van der Waals surface area contributed by atoms with Crippen LogP contribution in [0.2, 0.25) is 0 Å². The third-order valence-electron chi connectivity index (χ3n) is 5.64. The molecule has 5 heteroatoms. The van der Waals surface area contributed by atoms with E-state index in [0.29, 0.717) is 13.0 Å². The summed E-state index contributed by atoms with van der Waals surface area (Å²) >= 11 is 0. The lowest BCUT2D eigenvalue weighted by atomic mass is 9.99. The molecule has 1 aromatic heterocycles. The van der Waals surface area contributed by atoms with Crippen LogP contribution in [0.1, 0.15) is 12.1 Å². The number of anilines is 1. The van der Waals surface area contributed by atoms with Crippen LogP contribution in [-0.2, 0) is 4.79 Å². The Labute approximate surface area is 186 Å². The zero-order chi connectivity index (χ0) is 22.1. The van der Waals surface area contributed by atoms with Gasteiger partial charge in [-0.1, -0.05) is 48.5 Å². The van der Waals surface area contributed by atoms with Gasteiger partial charge in [-0.3, -0.25) is 4.79 Å². The number of aryl methyl sites for hydroxylation is 1. The van der Waals surface area contributed by atoms with Crippen molar-refractivity contribution in [1.29, 1.82) is 0 Å². The topological polar surface area (TPSA) is 72.9 Å². The van der Waals surface area contributed by atoms with Crippen LogP contribution >= 0.6 is 0 Å². The predicted molar refractivity (Wildman–Crippen MR) is 131 cm³/mol. The van der Waals surface area contributed by atoms with E-state index in [2.05, 4.69) is 66.0 Å². The van der Waals surface area contributed by atoms with Gasteiger partial charge in [-0.05, 0) is 64.9 Å². The van der Waals surface area contributed by atoms with E-state index in [0.717, 1.165) is 28.3 Å². The van der Waals surface area contributed by atoms with E-state index in [4.69, 9.17) is 10.8 Å². The smallest absolute Gasteiger partial charge is 0.225 e. The monoisotopic (exact) mass is 420 g/mol. The number of hydrogen-bond donors (Lipinski definition) is 2. The number of amides is 1. The summed E-state index contributed by atoms with van der Waals surface area (Å²) in [4.78, 5) is 11.8. The van der Waals surface area contributed by atoms with Crippen LogP contribution in [0.5, 0.6) is 0 Å². The molecule has 1 heterocycles. The van der Waals surface area contributed by atoms with Gasteiger partial charge >= 0.3 is 0 Å². The number of carbonyl (C=O) groups excluding carboxylic acids is 1. The normalized spacial score (nSPS) is 11.2. The molecule has 0 unspecified atom stereocenters. The third-order valence-corrected chi connectivity index (χ3v) is 5.64. The van der Waals surface area contributed by atoms with Crippen LogP contribution in [0.4, 0.5) is 5.69 Å². The van der Waals surface area contributed by atoms with Crippen molar-refractivity contribution in [1.82, 2.24) is 9.78 Å². The number of carbonyl (C=O) groups is 1. The Bertz CT molecular complexity index is 1430. The highest BCUT2D eigenvalue weighted by Gasteiger charge is 2.12. The van der Waals surface area contributed by atoms with Crippen molar-refractivity contribution in [2.75, 3.05) is 11.9 Å². The molecule has 32 heavy (non-hydrogen) atoms. The lowest BCUT2D eigenvalue weighted by Gasteiger charge is -2.11. The molecule has 0 saturated carbocycles. The number of aromatic nitrogens is 2. The van der Waals surface area contributed by atoms with Crippen molar-refractivity contribution in [3.63, 3.8) is 0 Å². The average Bonchev–Trinajstić information content (AvgIpc) is 3.21. The number of nitrogens with two attached hydrogens (primary N) is 1. The first kappa shape index (κ1) is 20.0. The fourth-order valence-corrected chi connectivity index (χ4v) is 4.10. The second kappa shape index (κ2) is 8.29. The molecular formula is C27H24N4O. The highest BCUT2D eigenvalue weighted by atomic mass is 16.1. The molecule has 0 bridgehead atoms. The van der Waals surface area contributed by atoms with Gasteiger partial charge in [-0.25, -0.2) is 4.68 Å². The molecule has 3 N–H and O–H groups in total. The Kier molecular flexibility index (Phi) is 5.17. The summed E-state index contributed by atoms with van der Waals surface area (Å²) in [5, 5.41) is 12.5. The summed E-state index contributed by atoms with van der Waals surface area (Å²) in [5.41, 5.74) is 10.2. The molecule has 0 aliphatic carbocycles. The highest BCUT2D eigenvalue weighted by molar-refractivity contribution is 6.08.